The number of benzene rings is 1. The van der Waals surface area contributed by atoms with Crippen LogP contribution in [0.1, 0.15) is 5.76 Å². The Kier molecular flexibility index (Phi) is 1.40. The zero-order valence-electron chi connectivity index (χ0n) is 7.27. The predicted octanol–water partition coefficient (Wildman–Crippen LogP) is 2.79. The van der Waals surface area contributed by atoms with Gasteiger partial charge >= 0.3 is 0 Å². The summed E-state index contributed by atoms with van der Waals surface area (Å²) < 4.78 is 5.58. The van der Waals surface area contributed by atoms with Crippen molar-refractivity contribution in [3.8, 4) is 0 Å². The summed E-state index contributed by atoms with van der Waals surface area (Å²) in [7, 11) is 0. The number of hydrogen-bond acceptors (Lipinski definition) is 3. The van der Waals surface area contributed by atoms with Crippen molar-refractivity contribution in [2.24, 2.45) is 9.98 Å². The van der Waals surface area contributed by atoms with Gasteiger partial charge in [-0.3, -0.25) is 0 Å². The lowest BCUT2D eigenvalue weighted by molar-refractivity contribution is 0.606. The highest BCUT2D eigenvalue weighted by Gasteiger charge is 2.10. The van der Waals surface area contributed by atoms with E-state index in [4.69, 9.17) is 4.42 Å². The highest BCUT2D eigenvalue weighted by molar-refractivity contribution is 5.99. The number of furan rings is 1. The maximum Gasteiger partial charge on any atom is 0.163 e. The fourth-order valence-electron chi connectivity index (χ4n) is 1.50. The van der Waals surface area contributed by atoms with E-state index in [1.807, 2.05) is 24.3 Å². The van der Waals surface area contributed by atoms with Crippen LogP contribution < -0.4 is 0 Å². The number of aliphatic imine (C=N–C) groups is 2. The fourth-order valence-corrected chi connectivity index (χ4v) is 1.50. The van der Waals surface area contributed by atoms with Crippen molar-refractivity contribution in [1.29, 1.82) is 0 Å². The minimum Gasteiger partial charge on any atom is -0.454 e. The Morgan fingerprint density at radius 3 is 3.14 bits per heavy atom. The molecule has 1 aliphatic heterocycles. The summed E-state index contributed by atoms with van der Waals surface area (Å²) in [6, 6.07) is 7.80. The third-order valence-corrected chi connectivity index (χ3v) is 2.11. The molecular weight excluding hydrogens is 176 g/mol. The van der Waals surface area contributed by atoms with E-state index in [-0.39, 0.29) is 0 Å². The molecule has 1 aromatic carbocycles. The van der Waals surface area contributed by atoms with Crippen LogP contribution >= 0.6 is 0 Å². The lowest BCUT2D eigenvalue weighted by Gasteiger charge is -1.86. The molecule has 0 fully saturated rings. The van der Waals surface area contributed by atoms with Crippen LogP contribution in [0.5, 0.6) is 0 Å². The van der Waals surface area contributed by atoms with Gasteiger partial charge in [0.25, 0.3) is 0 Å². The normalized spacial score (nSPS) is 13.1. The maximum atomic E-state index is 5.58. The van der Waals surface area contributed by atoms with Crippen LogP contribution in [0.15, 0.2) is 38.7 Å². The zero-order chi connectivity index (χ0) is 9.38. The SMILES string of the molecule is C1=Cc2oc3ccccc3c2N=CN=1. The van der Waals surface area contributed by atoms with Crippen LogP contribution in [-0.2, 0) is 0 Å². The van der Waals surface area contributed by atoms with Gasteiger partial charge in [-0.25, -0.2) is 4.99 Å². The molecule has 0 bridgehead atoms. The molecular formula is C11H6N2O. The van der Waals surface area contributed by atoms with E-state index < -0.39 is 0 Å². The summed E-state index contributed by atoms with van der Waals surface area (Å²) in [6.07, 6.45) is 3.17. The molecule has 3 heteroatoms. The van der Waals surface area contributed by atoms with Crippen molar-refractivity contribution >= 4 is 34.9 Å². The average Bonchev–Trinajstić information content (AvgIpc) is 2.42. The first-order chi connectivity index (χ1) is 6.95. The van der Waals surface area contributed by atoms with Crippen molar-refractivity contribution in [3.63, 3.8) is 0 Å². The molecule has 1 aromatic heterocycles. The van der Waals surface area contributed by atoms with Crippen LogP contribution in [0, 0.1) is 0 Å². The Labute approximate surface area is 80.1 Å². The van der Waals surface area contributed by atoms with Gasteiger partial charge in [-0.05, 0) is 18.0 Å². The Bertz CT molecular complexity index is 586. The Morgan fingerprint density at radius 1 is 1.21 bits per heavy atom. The largest absolute Gasteiger partial charge is 0.454 e. The summed E-state index contributed by atoms with van der Waals surface area (Å²) in [5.41, 5.74) is 1.67. The monoisotopic (exact) mass is 182 g/mol. The Balaban J connectivity index is 2.46. The first-order valence-corrected chi connectivity index (χ1v) is 4.28. The maximum absolute atomic E-state index is 5.58. The van der Waals surface area contributed by atoms with Crippen molar-refractivity contribution in [1.82, 2.24) is 0 Å². The minimum atomic E-state index is 0.712. The number of fused-ring (bicyclic) bond motifs is 3. The van der Waals surface area contributed by atoms with Gasteiger partial charge in [-0.15, -0.1) is 0 Å². The second-order valence-corrected chi connectivity index (χ2v) is 2.96. The third kappa shape index (κ3) is 0.934. The van der Waals surface area contributed by atoms with Gasteiger partial charge in [-0.1, -0.05) is 12.1 Å². The van der Waals surface area contributed by atoms with Crippen LogP contribution in [0.4, 0.5) is 5.69 Å². The van der Waals surface area contributed by atoms with Crippen LogP contribution in [0.25, 0.3) is 17.0 Å². The second-order valence-electron chi connectivity index (χ2n) is 2.96. The van der Waals surface area contributed by atoms with Gasteiger partial charge in [-0.2, -0.15) is 4.99 Å². The molecule has 1 aliphatic rings. The summed E-state index contributed by atoms with van der Waals surface area (Å²) in [4.78, 5) is 8.00. The number of rotatable bonds is 0. The minimum absolute atomic E-state index is 0.712. The summed E-state index contributed by atoms with van der Waals surface area (Å²) >= 11 is 0. The molecule has 2 heterocycles. The highest BCUT2D eigenvalue weighted by atomic mass is 16.3. The smallest absolute Gasteiger partial charge is 0.163 e. The first kappa shape index (κ1) is 7.30. The Morgan fingerprint density at radius 2 is 2.14 bits per heavy atom. The lowest BCUT2D eigenvalue weighted by atomic mass is 10.2. The van der Waals surface area contributed by atoms with Crippen molar-refractivity contribution < 1.29 is 4.42 Å². The molecule has 0 unspecified atom stereocenters. The van der Waals surface area contributed by atoms with E-state index in [0.717, 1.165) is 16.7 Å². The Hall–Kier alpha value is -2.12. The molecule has 3 nitrogen and oxygen atoms in total. The molecule has 0 spiro atoms. The van der Waals surface area contributed by atoms with E-state index in [2.05, 4.69) is 15.9 Å². The van der Waals surface area contributed by atoms with Crippen LogP contribution in [-0.4, -0.2) is 12.2 Å². The molecule has 3 rings (SSSR count). The summed E-state index contributed by atoms with van der Waals surface area (Å²) in [5, 5.41) is 1.01. The van der Waals surface area contributed by atoms with Crippen LogP contribution in [0.3, 0.4) is 0 Å². The van der Waals surface area contributed by atoms with E-state index >= 15 is 0 Å². The molecule has 0 aliphatic carbocycles. The number of hydrogen-bond donors (Lipinski definition) is 0. The molecule has 0 N–H and O–H groups in total. The second kappa shape index (κ2) is 2.69. The molecule has 0 atom stereocenters. The van der Waals surface area contributed by atoms with Gasteiger partial charge in [0.1, 0.15) is 17.6 Å². The third-order valence-electron chi connectivity index (χ3n) is 2.11. The zero-order valence-corrected chi connectivity index (χ0v) is 7.27. The van der Waals surface area contributed by atoms with Crippen molar-refractivity contribution in [2.45, 2.75) is 0 Å². The van der Waals surface area contributed by atoms with Gasteiger partial charge in [0, 0.05) is 11.5 Å². The number of nitrogens with zero attached hydrogens (tertiary/aromatic N) is 2. The van der Waals surface area contributed by atoms with E-state index in [1.165, 1.54) is 6.34 Å². The van der Waals surface area contributed by atoms with Crippen molar-refractivity contribution in [2.75, 3.05) is 0 Å². The molecule has 2 aromatic rings. The first-order valence-electron chi connectivity index (χ1n) is 4.28. The molecule has 66 valence electrons. The quantitative estimate of drug-likeness (QED) is 0.617. The van der Waals surface area contributed by atoms with Crippen LogP contribution in [0.2, 0.25) is 0 Å². The van der Waals surface area contributed by atoms with E-state index in [0.29, 0.717) is 5.76 Å². The fraction of sp³-hybridized carbons (Fsp3) is 0. The van der Waals surface area contributed by atoms with Crippen molar-refractivity contribution in [3.05, 3.63) is 30.0 Å². The van der Waals surface area contributed by atoms with E-state index in [9.17, 15) is 0 Å². The predicted molar refractivity (Wildman–Crippen MR) is 56.3 cm³/mol. The lowest BCUT2D eigenvalue weighted by Crippen LogP contribution is -1.65. The van der Waals surface area contributed by atoms with Gasteiger partial charge in [0.2, 0.25) is 0 Å². The molecule has 0 radical (unpaired) electrons. The topological polar surface area (TPSA) is 37.9 Å². The molecule has 0 amide bonds. The molecule has 14 heavy (non-hydrogen) atoms. The van der Waals surface area contributed by atoms with Gasteiger partial charge in [0.15, 0.2) is 5.76 Å². The summed E-state index contributed by atoms with van der Waals surface area (Å²) in [5.74, 6) is 3.43. The summed E-state index contributed by atoms with van der Waals surface area (Å²) in [6.45, 7) is 0. The molecule has 0 saturated carbocycles. The van der Waals surface area contributed by atoms with E-state index in [1.54, 1.807) is 6.08 Å². The van der Waals surface area contributed by atoms with Gasteiger partial charge in [0.05, 0.1) is 0 Å². The standard InChI is InChI=1S/C11H6N2O/c1-2-4-9-8(3-1)11-10(14-9)5-6-12-7-13-11/h1-5,7H. The highest BCUT2D eigenvalue weighted by Crippen LogP contribution is 2.33. The number of para-hydroxylation sites is 1. The molecule has 0 saturated heterocycles. The average molecular weight is 182 g/mol. The van der Waals surface area contributed by atoms with Gasteiger partial charge < -0.3 is 4.42 Å².